The van der Waals surface area contributed by atoms with Gasteiger partial charge in [-0.2, -0.15) is 0 Å². The zero-order valence-corrected chi connectivity index (χ0v) is 14.3. The van der Waals surface area contributed by atoms with Gasteiger partial charge in [0.05, 0.1) is 6.54 Å². The number of nitrogens with two attached hydrogens (primary N) is 1. The van der Waals surface area contributed by atoms with E-state index in [4.69, 9.17) is 10.5 Å². The van der Waals surface area contributed by atoms with E-state index < -0.39 is 6.04 Å². The lowest BCUT2D eigenvalue weighted by atomic mass is 10.1. The number of rotatable bonds is 6. The fourth-order valence-electron chi connectivity index (χ4n) is 2.16. The van der Waals surface area contributed by atoms with Crippen molar-refractivity contribution in [2.45, 2.75) is 13.0 Å². The molecule has 0 heterocycles. The van der Waals surface area contributed by atoms with Gasteiger partial charge in [-0.1, -0.05) is 42.5 Å². The number of hydrogen-bond acceptors (Lipinski definition) is 3. The van der Waals surface area contributed by atoms with Gasteiger partial charge in [0.15, 0.2) is 0 Å². The summed E-state index contributed by atoms with van der Waals surface area (Å²) in [4.78, 5) is 13.9. The lowest BCUT2D eigenvalue weighted by Crippen LogP contribution is -2.38. The highest BCUT2D eigenvalue weighted by Gasteiger charge is 2.19. The van der Waals surface area contributed by atoms with Crippen LogP contribution in [0.1, 0.15) is 17.2 Å². The Morgan fingerprint density at radius 2 is 1.87 bits per heavy atom. The molecule has 0 radical (unpaired) electrons. The molecule has 0 saturated heterocycles. The van der Waals surface area contributed by atoms with Gasteiger partial charge in [-0.25, -0.2) is 0 Å². The van der Waals surface area contributed by atoms with Gasteiger partial charge in [0.2, 0.25) is 5.91 Å². The Balaban J connectivity index is 0.00000264. The van der Waals surface area contributed by atoms with E-state index in [1.54, 1.807) is 11.9 Å². The van der Waals surface area contributed by atoms with Crippen LogP contribution in [0.3, 0.4) is 0 Å². The van der Waals surface area contributed by atoms with E-state index in [-0.39, 0.29) is 18.3 Å². The minimum atomic E-state index is -0.634. The van der Waals surface area contributed by atoms with Crippen LogP contribution in [0.15, 0.2) is 54.6 Å². The van der Waals surface area contributed by atoms with Gasteiger partial charge in [-0.05, 0) is 30.2 Å². The standard InChI is InChI=1S/C18H22N2O2.ClH/c1-14-7-6-10-16(13-14)22-12-11-20(2)18(21)17(19)15-8-4-3-5-9-15;/h3-10,13,17H,11-12,19H2,1-2H3;1H. The van der Waals surface area contributed by atoms with Gasteiger partial charge < -0.3 is 15.4 Å². The van der Waals surface area contributed by atoms with Crippen molar-refractivity contribution < 1.29 is 9.53 Å². The third-order valence-corrected chi connectivity index (χ3v) is 3.49. The molecule has 0 bridgehead atoms. The smallest absolute Gasteiger partial charge is 0.243 e. The molecule has 2 rings (SSSR count). The molecule has 1 amide bonds. The highest BCUT2D eigenvalue weighted by atomic mass is 35.5. The summed E-state index contributed by atoms with van der Waals surface area (Å²) >= 11 is 0. The van der Waals surface area contributed by atoms with Crippen LogP contribution in [-0.4, -0.2) is 31.0 Å². The number of nitrogens with zero attached hydrogens (tertiary/aromatic N) is 1. The minimum Gasteiger partial charge on any atom is -0.492 e. The number of ether oxygens (including phenoxy) is 1. The van der Waals surface area contributed by atoms with Crippen LogP contribution >= 0.6 is 12.4 Å². The first kappa shape index (κ1) is 19.0. The first-order valence-electron chi connectivity index (χ1n) is 7.33. The van der Waals surface area contributed by atoms with E-state index >= 15 is 0 Å². The molecule has 0 spiro atoms. The van der Waals surface area contributed by atoms with E-state index in [9.17, 15) is 4.79 Å². The van der Waals surface area contributed by atoms with E-state index in [1.165, 1.54) is 0 Å². The quantitative estimate of drug-likeness (QED) is 0.883. The van der Waals surface area contributed by atoms with Crippen LogP contribution in [0, 0.1) is 6.92 Å². The monoisotopic (exact) mass is 334 g/mol. The molecule has 0 aromatic heterocycles. The highest BCUT2D eigenvalue weighted by molar-refractivity contribution is 5.85. The van der Waals surface area contributed by atoms with Gasteiger partial charge in [0.25, 0.3) is 0 Å². The van der Waals surface area contributed by atoms with Crippen molar-refractivity contribution in [1.82, 2.24) is 4.90 Å². The molecule has 0 saturated carbocycles. The van der Waals surface area contributed by atoms with Crippen LogP contribution in [0.5, 0.6) is 5.75 Å². The molecule has 0 aliphatic rings. The number of carbonyl (C=O) groups is 1. The van der Waals surface area contributed by atoms with E-state index in [0.29, 0.717) is 13.2 Å². The van der Waals surface area contributed by atoms with E-state index in [1.807, 2.05) is 61.5 Å². The van der Waals surface area contributed by atoms with Gasteiger partial charge >= 0.3 is 0 Å². The number of hydrogen-bond donors (Lipinski definition) is 1. The molecule has 1 atom stereocenters. The van der Waals surface area contributed by atoms with Crippen molar-refractivity contribution in [3.05, 3.63) is 65.7 Å². The average molecular weight is 335 g/mol. The summed E-state index contributed by atoms with van der Waals surface area (Å²) in [5.41, 5.74) is 7.97. The molecule has 0 aliphatic heterocycles. The molecule has 2 aromatic rings. The summed E-state index contributed by atoms with van der Waals surface area (Å²) in [6.07, 6.45) is 0. The SMILES string of the molecule is Cc1cccc(OCCN(C)C(=O)C(N)c2ccccc2)c1.Cl. The molecule has 23 heavy (non-hydrogen) atoms. The molecule has 2 aromatic carbocycles. The lowest BCUT2D eigenvalue weighted by Gasteiger charge is -2.21. The fraction of sp³-hybridized carbons (Fsp3) is 0.278. The Morgan fingerprint density at radius 1 is 1.17 bits per heavy atom. The number of aryl methyl sites for hydroxylation is 1. The Hall–Kier alpha value is -2.04. The van der Waals surface area contributed by atoms with Crippen LogP contribution in [-0.2, 0) is 4.79 Å². The third-order valence-electron chi connectivity index (χ3n) is 3.49. The average Bonchev–Trinajstić information content (AvgIpc) is 2.54. The number of carbonyl (C=O) groups excluding carboxylic acids is 1. The number of likely N-dealkylation sites (N-methyl/N-ethyl adjacent to an activating group) is 1. The summed E-state index contributed by atoms with van der Waals surface area (Å²) in [5, 5.41) is 0. The van der Waals surface area contributed by atoms with Crippen molar-refractivity contribution in [3.63, 3.8) is 0 Å². The molecular formula is C18H23ClN2O2. The van der Waals surface area contributed by atoms with Crippen LogP contribution in [0.2, 0.25) is 0 Å². The second kappa shape index (κ2) is 9.18. The predicted octanol–water partition coefficient (Wildman–Crippen LogP) is 2.95. The summed E-state index contributed by atoms with van der Waals surface area (Å²) in [7, 11) is 1.74. The molecule has 4 nitrogen and oxygen atoms in total. The zero-order chi connectivity index (χ0) is 15.9. The second-order valence-electron chi connectivity index (χ2n) is 5.31. The Morgan fingerprint density at radius 3 is 2.52 bits per heavy atom. The second-order valence-corrected chi connectivity index (χ2v) is 5.31. The van der Waals surface area contributed by atoms with Gasteiger partial charge in [-0.3, -0.25) is 4.79 Å². The van der Waals surface area contributed by atoms with Gasteiger partial charge in [0, 0.05) is 7.05 Å². The maximum atomic E-state index is 12.3. The van der Waals surface area contributed by atoms with E-state index in [2.05, 4.69) is 0 Å². The topological polar surface area (TPSA) is 55.6 Å². The number of benzene rings is 2. The highest BCUT2D eigenvalue weighted by Crippen LogP contribution is 2.14. The summed E-state index contributed by atoms with van der Waals surface area (Å²) in [6, 6.07) is 16.6. The molecular weight excluding hydrogens is 312 g/mol. The van der Waals surface area contributed by atoms with Gasteiger partial charge in [0.1, 0.15) is 18.4 Å². The maximum Gasteiger partial charge on any atom is 0.243 e. The van der Waals surface area contributed by atoms with Crippen LogP contribution < -0.4 is 10.5 Å². The Bertz CT molecular complexity index is 619. The maximum absolute atomic E-state index is 12.3. The molecule has 0 aliphatic carbocycles. The minimum absolute atomic E-state index is 0. The summed E-state index contributed by atoms with van der Waals surface area (Å²) in [6.45, 7) is 2.95. The van der Waals surface area contributed by atoms with Crippen molar-refractivity contribution in [2.24, 2.45) is 5.73 Å². The van der Waals surface area contributed by atoms with Gasteiger partial charge in [-0.15, -0.1) is 12.4 Å². The van der Waals surface area contributed by atoms with Crippen LogP contribution in [0.4, 0.5) is 0 Å². The third kappa shape index (κ3) is 5.58. The number of amides is 1. The van der Waals surface area contributed by atoms with Crippen LogP contribution in [0.25, 0.3) is 0 Å². The zero-order valence-electron chi connectivity index (χ0n) is 13.4. The largest absolute Gasteiger partial charge is 0.492 e. The van der Waals surface area contributed by atoms with Crippen molar-refractivity contribution in [2.75, 3.05) is 20.2 Å². The molecule has 0 fully saturated rings. The molecule has 1 unspecified atom stereocenters. The molecule has 124 valence electrons. The first-order chi connectivity index (χ1) is 10.6. The number of halogens is 1. The fourth-order valence-corrected chi connectivity index (χ4v) is 2.16. The Kier molecular flexibility index (Phi) is 7.59. The van der Waals surface area contributed by atoms with Crippen molar-refractivity contribution >= 4 is 18.3 Å². The van der Waals surface area contributed by atoms with E-state index in [0.717, 1.165) is 16.9 Å². The summed E-state index contributed by atoms with van der Waals surface area (Å²) < 4.78 is 5.66. The normalized spacial score (nSPS) is 11.3. The lowest BCUT2D eigenvalue weighted by molar-refractivity contribution is -0.131. The molecule has 2 N–H and O–H groups in total. The van der Waals surface area contributed by atoms with Crippen molar-refractivity contribution in [3.8, 4) is 5.75 Å². The molecule has 5 heteroatoms. The predicted molar refractivity (Wildman–Crippen MR) is 94.9 cm³/mol. The Labute approximate surface area is 143 Å². The first-order valence-corrected chi connectivity index (χ1v) is 7.33. The summed E-state index contributed by atoms with van der Waals surface area (Å²) in [5.74, 6) is 0.701. The van der Waals surface area contributed by atoms with Crippen molar-refractivity contribution in [1.29, 1.82) is 0 Å².